The number of hydrogen-bond donors (Lipinski definition) is 0. The summed E-state index contributed by atoms with van der Waals surface area (Å²) >= 11 is 0. The minimum atomic E-state index is 0.970. The Morgan fingerprint density at radius 2 is 2.33 bits per heavy atom. The van der Waals surface area contributed by atoms with Crippen LogP contribution in [0.3, 0.4) is 0 Å². The van der Waals surface area contributed by atoms with Crippen molar-refractivity contribution in [1.29, 1.82) is 0 Å². The second-order valence-corrected chi connectivity index (χ2v) is 3.57. The van der Waals surface area contributed by atoms with Crippen molar-refractivity contribution in [1.82, 2.24) is 14.7 Å². The summed E-state index contributed by atoms with van der Waals surface area (Å²) in [6.07, 6.45) is 11.7. The van der Waals surface area contributed by atoms with Gasteiger partial charge in [-0.25, -0.2) is 4.98 Å². The van der Waals surface area contributed by atoms with Crippen LogP contribution < -0.4 is 0 Å². The van der Waals surface area contributed by atoms with E-state index in [1.807, 2.05) is 10.8 Å². The maximum absolute atomic E-state index is 5.00. The van der Waals surface area contributed by atoms with Gasteiger partial charge in [0.25, 0.3) is 0 Å². The zero-order valence-electron chi connectivity index (χ0n) is 8.89. The van der Waals surface area contributed by atoms with Crippen LogP contribution in [-0.2, 0) is 6.42 Å². The van der Waals surface area contributed by atoms with E-state index >= 15 is 0 Å². The zero-order chi connectivity index (χ0) is 10.5. The van der Waals surface area contributed by atoms with Crippen molar-refractivity contribution in [2.24, 2.45) is 0 Å². The number of aryl methyl sites for hydroxylation is 1. The van der Waals surface area contributed by atoms with Gasteiger partial charge in [0.15, 0.2) is 0 Å². The summed E-state index contributed by atoms with van der Waals surface area (Å²) in [6, 6.07) is 0. The standard InChI is InChI=1S/C11H15N3O/c1-2-3-4-5-10-11(8-15-13-10)14-7-6-12-9-14/h6-9H,2-5H2,1H3. The Morgan fingerprint density at radius 1 is 1.40 bits per heavy atom. The van der Waals surface area contributed by atoms with Gasteiger partial charge in [-0.3, -0.25) is 0 Å². The molecule has 0 saturated carbocycles. The van der Waals surface area contributed by atoms with Crippen molar-refractivity contribution < 1.29 is 4.52 Å². The van der Waals surface area contributed by atoms with E-state index in [0.717, 1.165) is 24.2 Å². The second-order valence-electron chi connectivity index (χ2n) is 3.57. The molecule has 0 aliphatic rings. The summed E-state index contributed by atoms with van der Waals surface area (Å²) in [7, 11) is 0. The fraction of sp³-hybridized carbons (Fsp3) is 0.455. The molecule has 2 rings (SSSR count). The van der Waals surface area contributed by atoms with E-state index in [9.17, 15) is 0 Å². The molecule has 0 N–H and O–H groups in total. The zero-order valence-corrected chi connectivity index (χ0v) is 8.89. The van der Waals surface area contributed by atoms with E-state index in [1.54, 1.807) is 18.8 Å². The molecule has 80 valence electrons. The van der Waals surface area contributed by atoms with E-state index in [-0.39, 0.29) is 0 Å². The third-order valence-corrected chi connectivity index (χ3v) is 2.42. The highest BCUT2D eigenvalue weighted by Crippen LogP contribution is 2.15. The van der Waals surface area contributed by atoms with Gasteiger partial charge in [-0.2, -0.15) is 0 Å². The minimum Gasteiger partial charge on any atom is -0.362 e. The van der Waals surface area contributed by atoms with Crippen molar-refractivity contribution >= 4 is 0 Å². The second kappa shape index (κ2) is 4.77. The molecule has 0 atom stereocenters. The Balaban J connectivity index is 2.09. The van der Waals surface area contributed by atoms with Crippen molar-refractivity contribution in [2.75, 3.05) is 0 Å². The molecule has 0 radical (unpaired) electrons. The number of imidazole rings is 1. The first kappa shape index (κ1) is 9.96. The summed E-state index contributed by atoms with van der Waals surface area (Å²) < 4.78 is 6.93. The van der Waals surface area contributed by atoms with Crippen LogP contribution in [0.2, 0.25) is 0 Å². The van der Waals surface area contributed by atoms with Gasteiger partial charge in [-0.15, -0.1) is 0 Å². The summed E-state index contributed by atoms with van der Waals surface area (Å²) in [5, 5.41) is 4.02. The maximum Gasteiger partial charge on any atom is 0.148 e. The molecule has 2 heterocycles. The molecule has 0 spiro atoms. The average Bonchev–Trinajstić information content (AvgIpc) is 2.87. The smallest absolute Gasteiger partial charge is 0.148 e. The normalized spacial score (nSPS) is 10.7. The van der Waals surface area contributed by atoms with Gasteiger partial charge < -0.3 is 9.09 Å². The first-order valence-electron chi connectivity index (χ1n) is 5.33. The predicted molar refractivity (Wildman–Crippen MR) is 56.9 cm³/mol. The van der Waals surface area contributed by atoms with Crippen LogP contribution in [0.5, 0.6) is 0 Å². The lowest BCUT2D eigenvalue weighted by molar-refractivity contribution is 0.410. The van der Waals surface area contributed by atoms with Crippen LogP contribution in [0.4, 0.5) is 0 Å². The molecular formula is C11H15N3O. The number of rotatable bonds is 5. The number of aromatic nitrogens is 3. The van der Waals surface area contributed by atoms with Crippen LogP contribution in [0.25, 0.3) is 5.69 Å². The SMILES string of the molecule is CCCCCc1nocc1-n1ccnc1. The van der Waals surface area contributed by atoms with Crippen molar-refractivity contribution in [2.45, 2.75) is 32.6 Å². The van der Waals surface area contributed by atoms with E-state index in [1.165, 1.54) is 12.8 Å². The molecule has 0 unspecified atom stereocenters. The Bertz CT molecular complexity index is 392. The molecule has 15 heavy (non-hydrogen) atoms. The molecule has 0 fully saturated rings. The lowest BCUT2D eigenvalue weighted by Crippen LogP contribution is -1.95. The Hall–Kier alpha value is -1.58. The van der Waals surface area contributed by atoms with Gasteiger partial charge in [-0.05, 0) is 12.8 Å². The minimum absolute atomic E-state index is 0.970. The van der Waals surface area contributed by atoms with Gasteiger partial charge in [0.1, 0.15) is 17.6 Å². The number of nitrogens with zero attached hydrogens (tertiary/aromatic N) is 3. The third-order valence-electron chi connectivity index (χ3n) is 2.42. The average molecular weight is 205 g/mol. The fourth-order valence-electron chi connectivity index (χ4n) is 1.58. The Morgan fingerprint density at radius 3 is 3.07 bits per heavy atom. The van der Waals surface area contributed by atoms with Gasteiger partial charge in [-0.1, -0.05) is 24.9 Å². The van der Waals surface area contributed by atoms with Crippen LogP contribution >= 0.6 is 0 Å². The number of unbranched alkanes of at least 4 members (excludes halogenated alkanes) is 2. The van der Waals surface area contributed by atoms with Gasteiger partial charge in [0.05, 0.1) is 6.33 Å². The lowest BCUT2D eigenvalue weighted by Gasteiger charge is -2.00. The molecule has 0 amide bonds. The van der Waals surface area contributed by atoms with E-state index in [2.05, 4.69) is 17.1 Å². The van der Waals surface area contributed by atoms with Crippen molar-refractivity contribution in [3.63, 3.8) is 0 Å². The molecule has 0 aliphatic carbocycles. The summed E-state index contributed by atoms with van der Waals surface area (Å²) in [5.74, 6) is 0. The van der Waals surface area contributed by atoms with Crippen LogP contribution in [-0.4, -0.2) is 14.7 Å². The monoisotopic (exact) mass is 205 g/mol. The van der Waals surface area contributed by atoms with Gasteiger partial charge in [0.2, 0.25) is 0 Å². The highest BCUT2D eigenvalue weighted by atomic mass is 16.5. The summed E-state index contributed by atoms with van der Waals surface area (Å²) in [4.78, 5) is 4.01. The summed E-state index contributed by atoms with van der Waals surface area (Å²) in [6.45, 7) is 2.19. The lowest BCUT2D eigenvalue weighted by atomic mass is 10.1. The van der Waals surface area contributed by atoms with E-state index in [4.69, 9.17) is 4.52 Å². The van der Waals surface area contributed by atoms with Crippen molar-refractivity contribution in [3.05, 3.63) is 30.7 Å². The molecule has 2 aromatic rings. The fourth-order valence-corrected chi connectivity index (χ4v) is 1.58. The predicted octanol–water partition coefficient (Wildman–Crippen LogP) is 2.59. The molecule has 2 aromatic heterocycles. The van der Waals surface area contributed by atoms with E-state index in [0.29, 0.717) is 0 Å². The quantitative estimate of drug-likeness (QED) is 0.705. The number of hydrogen-bond acceptors (Lipinski definition) is 3. The molecule has 0 aliphatic heterocycles. The Kier molecular flexibility index (Phi) is 3.17. The topological polar surface area (TPSA) is 43.9 Å². The highest BCUT2D eigenvalue weighted by molar-refractivity contribution is 5.32. The highest BCUT2D eigenvalue weighted by Gasteiger charge is 2.08. The molecule has 4 nitrogen and oxygen atoms in total. The van der Waals surface area contributed by atoms with Crippen LogP contribution in [0.1, 0.15) is 31.9 Å². The molecule has 0 aromatic carbocycles. The first-order chi connectivity index (χ1) is 7.42. The molecule has 0 saturated heterocycles. The first-order valence-corrected chi connectivity index (χ1v) is 5.33. The largest absolute Gasteiger partial charge is 0.362 e. The van der Waals surface area contributed by atoms with Crippen LogP contribution in [0.15, 0.2) is 29.5 Å². The van der Waals surface area contributed by atoms with Gasteiger partial charge >= 0.3 is 0 Å². The van der Waals surface area contributed by atoms with Crippen molar-refractivity contribution in [3.8, 4) is 5.69 Å². The van der Waals surface area contributed by atoms with Gasteiger partial charge in [0, 0.05) is 12.4 Å². The molecule has 4 heteroatoms. The van der Waals surface area contributed by atoms with Crippen LogP contribution in [0, 0.1) is 0 Å². The summed E-state index contributed by atoms with van der Waals surface area (Å²) in [5.41, 5.74) is 2.02. The Labute approximate surface area is 88.9 Å². The van der Waals surface area contributed by atoms with E-state index < -0.39 is 0 Å². The third kappa shape index (κ3) is 2.26. The maximum atomic E-state index is 5.00. The molecule has 0 bridgehead atoms. The molecular weight excluding hydrogens is 190 g/mol.